The molecule has 3 fully saturated rings. The van der Waals surface area contributed by atoms with Crippen LogP contribution in [0.4, 0.5) is 52.7 Å². The molecule has 3 saturated heterocycles. The molecule has 0 aliphatic carbocycles. The highest BCUT2D eigenvalue weighted by Gasteiger charge is 2.62. The van der Waals surface area contributed by atoms with E-state index in [9.17, 15) is 57.8 Å². The maximum atomic E-state index is 13.6. The lowest BCUT2D eigenvalue weighted by Crippen LogP contribution is -2.47. The molecule has 3 aliphatic heterocycles. The molecular weight excluding hydrogens is 752 g/mol. The quantitative estimate of drug-likeness (QED) is 0.0508. The zero-order chi connectivity index (χ0) is 39.6. The van der Waals surface area contributed by atoms with Crippen molar-refractivity contribution in [2.24, 2.45) is 0 Å². The fraction of sp³-hybridized carbons (Fsp3) is 1.00. The summed E-state index contributed by atoms with van der Waals surface area (Å²) < 4.78 is 184. The van der Waals surface area contributed by atoms with Gasteiger partial charge in [0, 0.05) is 79.8 Å². The van der Waals surface area contributed by atoms with Gasteiger partial charge in [0.05, 0.1) is 0 Å². The summed E-state index contributed by atoms with van der Waals surface area (Å²) in [4.78, 5) is 4.91. The third kappa shape index (κ3) is 15.7. The second kappa shape index (κ2) is 20.3. The fourth-order valence-electron chi connectivity index (χ4n) is 6.23. The third-order valence-electron chi connectivity index (χ3n) is 9.10. The third-order valence-corrected chi connectivity index (χ3v) is 9.10. The van der Waals surface area contributed by atoms with E-state index in [1.807, 2.05) is 0 Å². The van der Waals surface area contributed by atoms with E-state index in [0.717, 1.165) is 0 Å². The Bertz CT molecular complexity index is 1060. The van der Waals surface area contributed by atoms with Crippen molar-refractivity contribution in [2.75, 3.05) is 79.8 Å². The minimum absolute atomic E-state index is 0.00946. The molecule has 0 amide bonds. The molecule has 0 aromatic heterocycles. The van der Waals surface area contributed by atoms with Crippen LogP contribution in [0.2, 0.25) is 0 Å². The molecule has 0 radical (unpaired) electrons. The molecule has 3 rings (SSSR count). The lowest BCUT2D eigenvalue weighted by molar-refractivity contribution is -0.250. The van der Waals surface area contributed by atoms with Crippen molar-refractivity contribution in [3.05, 3.63) is 0 Å². The number of epoxide rings is 3. The van der Waals surface area contributed by atoms with E-state index >= 15 is 0 Å². The number of aliphatic hydroxyl groups excluding tert-OH is 1. The zero-order valence-electron chi connectivity index (χ0n) is 29.6. The Morgan fingerprint density at radius 2 is 0.755 bits per heavy atom. The van der Waals surface area contributed by atoms with Crippen LogP contribution >= 0.6 is 0 Å². The molecule has 0 aromatic rings. The van der Waals surface area contributed by atoms with E-state index in [0.29, 0.717) is 43.8 Å². The van der Waals surface area contributed by atoms with Crippen LogP contribution in [-0.2, 0) is 23.7 Å². The number of nitrogens with zero attached hydrogens (tertiary/aromatic N) is 4. The van der Waals surface area contributed by atoms with Gasteiger partial charge in [-0.1, -0.05) is 0 Å². The topological polar surface area (TPSA) is 89.2 Å². The number of rotatable bonds is 27. The van der Waals surface area contributed by atoms with Gasteiger partial charge >= 0.3 is 24.7 Å². The standard InChI is InChI=1S/C31H50F12N4O6/c1-49-19-7-5-12-45(25-22(52-25)29(35,36)37)16-9-15-44(24-21(51-24)28(32,33)34)11-3-4-14-47(27(48)31(41,42)43)18-10-17-46(13-6-8-20-50-2)26-23(53-26)30(38,39)40/h21-27,48H,3-20H2,1-2H3. The van der Waals surface area contributed by atoms with Crippen molar-refractivity contribution in [3.8, 4) is 0 Å². The number of aliphatic hydroxyl groups is 1. The number of ether oxygens (including phenoxy) is 5. The Morgan fingerprint density at radius 3 is 1.06 bits per heavy atom. The minimum Gasteiger partial charge on any atom is -0.385 e. The summed E-state index contributed by atoms with van der Waals surface area (Å²) in [7, 11) is 2.94. The number of hydrogen-bond acceptors (Lipinski definition) is 10. The summed E-state index contributed by atoms with van der Waals surface area (Å²) >= 11 is 0. The highest BCUT2D eigenvalue weighted by atomic mass is 19.4. The summed E-state index contributed by atoms with van der Waals surface area (Å²) in [6.07, 6.45) is -29.6. The fourth-order valence-corrected chi connectivity index (χ4v) is 6.23. The first-order chi connectivity index (χ1) is 24.7. The maximum absolute atomic E-state index is 13.6. The van der Waals surface area contributed by atoms with Gasteiger partial charge in [0.2, 0.25) is 6.23 Å². The number of methoxy groups -OCH3 is 2. The summed E-state index contributed by atoms with van der Waals surface area (Å²) in [5.74, 6) is 0. The Balaban J connectivity index is 1.55. The van der Waals surface area contributed by atoms with Gasteiger partial charge in [0.25, 0.3) is 0 Å². The van der Waals surface area contributed by atoms with Crippen LogP contribution in [-0.4, -0.2) is 172 Å². The smallest absolute Gasteiger partial charge is 0.385 e. The first-order valence-electron chi connectivity index (χ1n) is 17.6. The predicted molar refractivity (Wildman–Crippen MR) is 163 cm³/mol. The van der Waals surface area contributed by atoms with Crippen LogP contribution < -0.4 is 0 Å². The molecule has 22 heteroatoms. The first kappa shape index (κ1) is 46.1. The van der Waals surface area contributed by atoms with Gasteiger partial charge in [-0.25, -0.2) is 0 Å². The Labute approximate surface area is 300 Å². The second-order valence-electron chi connectivity index (χ2n) is 13.3. The van der Waals surface area contributed by atoms with Gasteiger partial charge in [-0.15, -0.1) is 0 Å². The maximum Gasteiger partial charge on any atom is 0.428 e. The van der Waals surface area contributed by atoms with Crippen LogP contribution in [0, 0.1) is 0 Å². The van der Waals surface area contributed by atoms with Gasteiger partial charge in [0.15, 0.2) is 18.3 Å². The van der Waals surface area contributed by atoms with E-state index in [1.165, 1.54) is 28.9 Å². The van der Waals surface area contributed by atoms with E-state index in [-0.39, 0.29) is 78.0 Å². The molecule has 0 bridgehead atoms. The van der Waals surface area contributed by atoms with Crippen molar-refractivity contribution in [3.63, 3.8) is 0 Å². The lowest BCUT2D eigenvalue weighted by atomic mass is 10.2. The molecule has 0 spiro atoms. The van der Waals surface area contributed by atoms with E-state index in [2.05, 4.69) is 0 Å². The molecule has 7 atom stereocenters. The number of hydrogen-bond donors (Lipinski definition) is 1. The van der Waals surface area contributed by atoms with Crippen LogP contribution in [0.3, 0.4) is 0 Å². The first-order valence-corrected chi connectivity index (χ1v) is 17.6. The Hall–Kier alpha value is -1.24. The number of unbranched alkanes of at least 4 members (excludes halogenated alkanes) is 3. The Kier molecular flexibility index (Phi) is 17.6. The molecule has 7 unspecified atom stereocenters. The summed E-state index contributed by atoms with van der Waals surface area (Å²) in [5.41, 5.74) is 0. The predicted octanol–water partition coefficient (Wildman–Crippen LogP) is 5.35. The molecule has 0 aromatic carbocycles. The SMILES string of the molecule is COCCCCN(CCCN(CCCCN(CCCN(CCCCOC)C1OC1C(F)(F)F)C(O)C(F)(F)F)C1OC1C(F)(F)F)C1OC1C(F)(F)F. The molecule has 3 heterocycles. The van der Waals surface area contributed by atoms with Crippen LogP contribution in [0.1, 0.15) is 51.4 Å². The highest BCUT2D eigenvalue weighted by molar-refractivity contribution is 4.93. The van der Waals surface area contributed by atoms with Crippen molar-refractivity contribution >= 4 is 0 Å². The van der Waals surface area contributed by atoms with Crippen LogP contribution in [0.15, 0.2) is 0 Å². The van der Waals surface area contributed by atoms with Crippen molar-refractivity contribution in [1.82, 2.24) is 19.6 Å². The lowest BCUT2D eigenvalue weighted by Gasteiger charge is -2.30. The zero-order valence-corrected chi connectivity index (χ0v) is 29.6. The largest absolute Gasteiger partial charge is 0.428 e. The molecular formula is C31H50F12N4O6. The van der Waals surface area contributed by atoms with E-state index in [4.69, 9.17) is 23.7 Å². The van der Waals surface area contributed by atoms with Gasteiger partial charge in [-0.3, -0.25) is 19.6 Å². The average Bonchev–Trinajstić information content (AvgIpc) is 3.90. The Morgan fingerprint density at radius 1 is 0.472 bits per heavy atom. The van der Waals surface area contributed by atoms with Crippen molar-refractivity contribution < 1.29 is 81.5 Å². The number of halogens is 12. The van der Waals surface area contributed by atoms with E-state index < -0.39 is 67.9 Å². The normalized spacial score (nSPS) is 25.6. The molecule has 1 N–H and O–H groups in total. The highest BCUT2D eigenvalue weighted by Crippen LogP contribution is 2.42. The molecule has 0 saturated carbocycles. The van der Waals surface area contributed by atoms with Crippen LogP contribution in [0.25, 0.3) is 0 Å². The summed E-state index contributed by atoms with van der Waals surface area (Å²) in [6, 6.07) is 0. The van der Waals surface area contributed by atoms with Gasteiger partial charge < -0.3 is 28.8 Å². The molecule has 53 heavy (non-hydrogen) atoms. The average molecular weight is 803 g/mol. The second-order valence-corrected chi connectivity index (χ2v) is 13.3. The monoisotopic (exact) mass is 802 g/mol. The van der Waals surface area contributed by atoms with Gasteiger partial charge in [-0.05, 0) is 51.4 Å². The van der Waals surface area contributed by atoms with Gasteiger partial charge in [-0.2, -0.15) is 52.7 Å². The summed E-state index contributed by atoms with van der Waals surface area (Å²) in [6.45, 7) is 0.378. The number of alkyl halides is 12. The minimum atomic E-state index is -5.06. The van der Waals surface area contributed by atoms with Crippen molar-refractivity contribution in [1.29, 1.82) is 0 Å². The summed E-state index contributed by atoms with van der Waals surface area (Å²) in [5, 5.41) is 10.0. The van der Waals surface area contributed by atoms with Gasteiger partial charge in [0.1, 0.15) is 18.7 Å². The molecule has 314 valence electrons. The van der Waals surface area contributed by atoms with E-state index in [1.54, 1.807) is 0 Å². The van der Waals surface area contributed by atoms with Crippen molar-refractivity contribution in [2.45, 2.75) is 119 Å². The van der Waals surface area contributed by atoms with Crippen LogP contribution in [0.5, 0.6) is 0 Å². The molecule has 10 nitrogen and oxygen atoms in total. The molecule has 3 aliphatic rings.